The minimum absolute atomic E-state index is 0.0231. The Morgan fingerprint density at radius 3 is 2.40 bits per heavy atom. The molecule has 0 radical (unpaired) electrons. The summed E-state index contributed by atoms with van der Waals surface area (Å²) in [6, 6.07) is 6.30. The van der Waals surface area contributed by atoms with Crippen LogP contribution in [0, 0.1) is 11.6 Å². The molecule has 3 rings (SSSR count). The van der Waals surface area contributed by atoms with Crippen LogP contribution in [0.2, 0.25) is 0 Å². The number of hydrogen-bond donors (Lipinski definition) is 2. The van der Waals surface area contributed by atoms with Gasteiger partial charge in [0.15, 0.2) is 9.84 Å². The van der Waals surface area contributed by atoms with Gasteiger partial charge in [0.2, 0.25) is 0 Å². The molecule has 0 fully saturated rings. The molecule has 0 atom stereocenters. The molecule has 25 heavy (non-hydrogen) atoms. The number of fused-ring (bicyclic) bond motifs is 1. The van der Waals surface area contributed by atoms with Gasteiger partial charge in [0.05, 0.1) is 10.6 Å². The quantitative estimate of drug-likeness (QED) is 0.720. The maximum absolute atomic E-state index is 13.7. The molecule has 0 amide bonds. The number of nitrogens with one attached hydrogen (secondary N) is 2. The summed E-state index contributed by atoms with van der Waals surface area (Å²) in [5.41, 5.74) is -0.245. The molecule has 0 spiro atoms. The SMILES string of the molecule is CS(=O)(=O)c1ccc2c(S(=O)(=O)Nc3cc(F)ccc3F)c[nH]c2c1. The Morgan fingerprint density at radius 2 is 1.72 bits per heavy atom. The summed E-state index contributed by atoms with van der Waals surface area (Å²) in [5, 5.41) is 0.219. The third-order valence-corrected chi connectivity index (χ3v) is 6.02. The fourth-order valence-electron chi connectivity index (χ4n) is 2.31. The number of H-pyrrole nitrogens is 1. The van der Waals surface area contributed by atoms with Crippen molar-refractivity contribution in [3.8, 4) is 0 Å². The lowest BCUT2D eigenvalue weighted by atomic mass is 10.2. The van der Waals surface area contributed by atoms with Crippen molar-refractivity contribution in [1.82, 2.24) is 4.98 Å². The summed E-state index contributed by atoms with van der Waals surface area (Å²) in [6.45, 7) is 0. The van der Waals surface area contributed by atoms with Gasteiger partial charge < -0.3 is 4.98 Å². The number of aromatic nitrogens is 1. The van der Waals surface area contributed by atoms with E-state index in [1.165, 1.54) is 18.2 Å². The Bertz CT molecular complexity index is 1190. The molecular weight excluding hydrogens is 374 g/mol. The summed E-state index contributed by atoms with van der Waals surface area (Å²) < 4.78 is 77.0. The number of sulfone groups is 1. The minimum atomic E-state index is -4.22. The van der Waals surface area contributed by atoms with E-state index >= 15 is 0 Å². The number of aromatic amines is 1. The van der Waals surface area contributed by atoms with Crippen LogP contribution in [-0.2, 0) is 19.9 Å². The van der Waals surface area contributed by atoms with Gasteiger partial charge in [0, 0.05) is 29.4 Å². The lowest BCUT2D eigenvalue weighted by Crippen LogP contribution is -2.13. The van der Waals surface area contributed by atoms with Crippen molar-refractivity contribution in [2.45, 2.75) is 9.79 Å². The molecule has 2 aromatic carbocycles. The van der Waals surface area contributed by atoms with Gasteiger partial charge in [-0.2, -0.15) is 0 Å². The number of halogens is 2. The van der Waals surface area contributed by atoms with Crippen molar-refractivity contribution in [3.05, 3.63) is 54.2 Å². The molecule has 10 heteroatoms. The van der Waals surface area contributed by atoms with Crippen LogP contribution in [0.15, 0.2) is 52.4 Å². The predicted octanol–water partition coefficient (Wildman–Crippen LogP) is 2.65. The van der Waals surface area contributed by atoms with E-state index in [1.807, 2.05) is 4.72 Å². The molecule has 2 N–H and O–H groups in total. The van der Waals surface area contributed by atoms with Crippen molar-refractivity contribution in [1.29, 1.82) is 0 Å². The standard InChI is InChI=1S/C15H12F2N2O4S2/c1-24(20,21)10-3-4-11-13(7-10)18-8-15(11)25(22,23)19-14-6-9(16)2-5-12(14)17/h2-8,18-19H,1H3. The van der Waals surface area contributed by atoms with Gasteiger partial charge in [0.1, 0.15) is 16.5 Å². The Balaban J connectivity index is 2.07. The van der Waals surface area contributed by atoms with E-state index in [-0.39, 0.29) is 20.7 Å². The average molecular weight is 386 g/mol. The Hall–Kier alpha value is -2.46. The monoisotopic (exact) mass is 386 g/mol. The highest BCUT2D eigenvalue weighted by atomic mass is 32.2. The minimum Gasteiger partial charge on any atom is -0.360 e. The predicted molar refractivity (Wildman–Crippen MR) is 88.6 cm³/mol. The molecule has 0 unspecified atom stereocenters. The number of rotatable bonds is 4. The summed E-state index contributed by atoms with van der Waals surface area (Å²) in [7, 11) is -7.68. The molecule has 1 heterocycles. The molecule has 6 nitrogen and oxygen atoms in total. The highest BCUT2D eigenvalue weighted by molar-refractivity contribution is 7.93. The fourth-order valence-corrected chi connectivity index (χ4v) is 4.19. The van der Waals surface area contributed by atoms with Crippen LogP contribution in [0.4, 0.5) is 14.5 Å². The molecule has 1 aromatic heterocycles. The van der Waals surface area contributed by atoms with Gasteiger partial charge in [-0.15, -0.1) is 0 Å². The molecule has 0 aliphatic heterocycles. The van der Waals surface area contributed by atoms with Crippen molar-refractivity contribution in [3.63, 3.8) is 0 Å². The van der Waals surface area contributed by atoms with Crippen LogP contribution < -0.4 is 4.72 Å². The first-order valence-electron chi connectivity index (χ1n) is 6.87. The van der Waals surface area contributed by atoms with Gasteiger partial charge in [0.25, 0.3) is 10.0 Å². The Kier molecular flexibility index (Phi) is 4.04. The molecule has 0 aliphatic carbocycles. The summed E-state index contributed by atoms with van der Waals surface area (Å²) in [5.74, 6) is -1.72. The first-order valence-corrected chi connectivity index (χ1v) is 10.2. The second kappa shape index (κ2) is 5.81. The molecule has 0 saturated carbocycles. The van der Waals surface area contributed by atoms with Gasteiger partial charge in [-0.05, 0) is 24.3 Å². The number of sulfonamides is 1. The van der Waals surface area contributed by atoms with Crippen LogP contribution in [0.5, 0.6) is 0 Å². The van der Waals surface area contributed by atoms with E-state index in [1.54, 1.807) is 0 Å². The molecule has 0 bridgehead atoms. The third-order valence-electron chi connectivity index (χ3n) is 3.51. The number of benzene rings is 2. The van der Waals surface area contributed by atoms with E-state index in [9.17, 15) is 25.6 Å². The van der Waals surface area contributed by atoms with E-state index in [0.717, 1.165) is 30.7 Å². The van der Waals surface area contributed by atoms with Gasteiger partial charge >= 0.3 is 0 Å². The first kappa shape index (κ1) is 17.4. The third kappa shape index (κ3) is 3.35. The lowest BCUT2D eigenvalue weighted by Gasteiger charge is -2.08. The number of anilines is 1. The topological polar surface area (TPSA) is 96.1 Å². The molecule has 3 aromatic rings. The molecule has 0 saturated heterocycles. The van der Waals surface area contributed by atoms with Gasteiger partial charge in [-0.25, -0.2) is 25.6 Å². The van der Waals surface area contributed by atoms with E-state index in [4.69, 9.17) is 0 Å². The van der Waals surface area contributed by atoms with Crippen LogP contribution in [0.1, 0.15) is 0 Å². The summed E-state index contributed by atoms with van der Waals surface area (Å²) in [4.78, 5) is 2.47. The second-order valence-electron chi connectivity index (χ2n) is 5.36. The zero-order chi connectivity index (χ0) is 18.4. The average Bonchev–Trinajstić information content (AvgIpc) is 2.93. The van der Waals surface area contributed by atoms with Gasteiger partial charge in [-0.3, -0.25) is 4.72 Å². The van der Waals surface area contributed by atoms with Gasteiger partial charge in [-0.1, -0.05) is 6.07 Å². The zero-order valence-electron chi connectivity index (χ0n) is 12.7. The van der Waals surface area contributed by atoms with E-state index in [2.05, 4.69) is 4.98 Å². The van der Waals surface area contributed by atoms with Crippen molar-refractivity contribution < 1.29 is 25.6 Å². The smallest absolute Gasteiger partial charge is 0.264 e. The van der Waals surface area contributed by atoms with Crippen LogP contribution in [-0.4, -0.2) is 28.1 Å². The van der Waals surface area contributed by atoms with Crippen LogP contribution in [0.3, 0.4) is 0 Å². The van der Waals surface area contributed by atoms with E-state index in [0.29, 0.717) is 0 Å². The normalized spacial score (nSPS) is 12.4. The van der Waals surface area contributed by atoms with Crippen LogP contribution >= 0.6 is 0 Å². The van der Waals surface area contributed by atoms with Crippen molar-refractivity contribution >= 4 is 36.5 Å². The maximum atomic E-state index is 13.7. The highest BCUT2D eigenvalue weighted by Gasteiger charge is 2.21. The Morgan fingerprint density at radius 1 is 1.00 bits per heavy atom. The first-order chi connectivity index (χ1) is 11.6. The maximum Gasteiger partial charge on any atom is 0.264 e. The summed E-state index contributed by atoms with van der Waals surface area (Å²) in [6.07, 6.45) is 2.18. The lowest BCUT2D eigenvalue weighted by molar-refractivity contribution is 0.594. The molecule has 0 aliphatic rings. The molecule has 132 valence electrons. The van der Waals surface area contributed by atoms with Crippen molar-refractivity contribution in [2.75, 3.05) is 11.0 Å². The van der Waals surface area contributed by atoms with E-state index < -0.39 is 37.2 Å². The van der Waals surface area contributed by atoms with Crippen molar-refractivity contribution in [2.24, 2.45) is 0 Å². The Labute approximate surface area is 142 Å². The number of hydrogen-bond acceptors (Lipinski definition) is 4. The summed E-state index contributed by atoms with van der Waals surface area (Å²) >= 11 is 0. The fraction of sp³-hybridized carbons (Fsp3) is 0.0667. The highest BCUT2D eigenvalue weighted by Crippen LogP contribution is 2.27. The van der Waals surface area contributed by atoms with Crippen LogP contribution in [0.25, 0.3) is 10.9 Å². The largest absolute Gasteiger partial charge is 0.360 e. The zero-order valence-corrected chi connectivity index (χ0v) is 14.4. The second-order valence-corrected chi connectivity index (χ2v) is 9.03. The molecular formula is C15H12F2N2O4S2.